The minimum Gasteiger partial charge on any atom is -0.303 e. The third-order valence-electron chi connectivity index (χ3n) is 7.59. The molecule has 2 aromatic rings. The monoisotopic (exact) mass is 452 g/mol. The summed E-state index contributed by atoms with van der Waals surface area (Å²) in [6, 6.07) is 18.4. The number of benzene rings is 2. The van der Waals surface area contributed by atoms with E-state index < -0.39 is 11.3 Å². The molecule has 0 aromatic heterocycles. The SMILES string of the molecule is CC#N.CC(CCc1c(C2(F)CCC2)cccc1C1(F)CCC1)N(C)CCc1ccccc1. The van der Waals surface area contributed by atoms with Crippen LogP contribution in [0.3, 0.4) is 0 Å². The third kappa shape index (κ3) is 6.01. The zero-order valence-corrected chi connectivity index (χ0v) is 20.4. The Balaban J connectivity index is 0.000000968. The smallest absolute Gasteiger partial charge is 0.136 e. The topological polar surface area (TPSA) is 27.0 Å². The molecule has 4 heteroatoms. The molecule has 0 heterocycles. The van der Waals surface area contributed by atoms with E-state index in [-0.39, 0.29) is 0 Å². The number of rotatable bonds is 9. The zero-order valence-electron chi connectivity index (χ0n) is 20.4. The van der Waals surface area contributed by atoms with Gasteiger partial charge in [0.15, 0.2) is 0 Å². The summed E-state index contributed by atoms with van der Waals surface area (Å²) in [4.78, 5) is 2.37. The highest BCUT2D eigenvalue weighted by atomic mass is 19.1. The van der Waals surface area contributed by atoms with E-state index in [9.17, 15) is 0 Å². The highest BCUT2D eigenvalue weighted by molar-refractivity contribution is 5.44. The molecule has 2 aliphatic rings. The number of hydrogen-bond acceptors (Lipinski definition) is 2. The van der Waals surface area contributed by atoms with Crippen LogP contribution in [0, 0.1) is 11.3 Å². The molecule has 0 aliphatic heterocycles. The second kappa shape index (κ2) is 11.3. The normalized spacial score (nSPS) is 18.8. The summed E-state index contributed by atoms with van der Waals surface area (Å²) in [5.41, 5.74) is 1.37. The lowest BCUT2D eigenvalue weighted by Gasteiger charge is -2.40. The average molecular weight is 453 g/mol. The van der Waals surface area contributed by atoms with Gasteiger partial charge in [-0.05, 0) is 94.0 Å². The predicted octanol–water partition coefficient (Wildman–Crippen LogP) is 7.41. The molecule has 0 spiro atoms. The Bertz CT molecular complexity index is 888. The summed E-state index contributed by atoms with van der Waals surface area (Å²) in [7, 11) is 2.16. The van der Waals surface area contributed by atoms with Crippen LogP contribution in [0.5, 0.6) is 0 Å². The summed E-state index contributed by atoms with van der Waals surface area (Å²) >= 11 is 0. The number of halogens is 2. The minimum absolute atomic E-state index is 0.364. The van der Waals surface area contributed by atoms with Crippen LogP contribution >= 0.6 is 0 Å². The Kier molecular flexibility index (Phi) is 8.65. The van der Waals surface area contributed by atoms with Crippen molar-refractivity contribution in [2.24, 2.45) is 0 Å². The molecular formula is C29H38F2N2. The molecule has 33 heavy (non-hydrogen) atoms. The molecule has 2 nitrogen and oxygen atoms in total. The second-order valence-corrected chi connectivity index (χ2v) is 9.80. The lowest BCUT2D eigenvalue weighted by molar-refractivity contribution is 0.0512. The van der Waals surface area contributed by atoms with Crippen molar-refractivity contribution in [2.75, 3.05) is 13.6 Å². The second-order valence-electron chi connectivity index (χ2n) is 9.80. The van der Waals surface area contributed by atoms with Crippen molar-refractivity contribution in [2.45, 2.75) is 89.0 Å². The first-order valence-corrected chi connectivity index (χ1v) is 12.4. The first-order chi connectivity index (χ1) is 15.8. The predicted molar refractivity (Wildman–Crippen MR) is 132 cm³/mol. The van der Waals surface area contributed by atoms with Crippen molar-refractivity contribution >= 4 is 0 Å². The van der Waals surface area contributed by atoms with E-state index in [2.05, 4.69) is 43.1 Å². The Morgan fingerprint density at radius 3 is 1.88 bits per heavy atom. The molecule has 0 N–H and O–H groups in total. The van der Waals surface area contributed by atoms with Gasteiger partial charge >= 0.3 is 0 Å². The molecule has 2 aromatic carbocycles. The number of nitrogens with zero attached hydrogens (tertiary/aromatic N) is 2. The molecule has 0 saturated heterocycles. The largest absolute Gasteiger partial charge is 0.303 e. The molecule has 4 rings (SSSR count). The Labute approximate surface area is 198 Å². The van der Waals surface area contributed by atoms with Crippen LogP contribution in [0.25, 0.3) is 0 Å². The summed E-state index contributed by atoms with van der Waals surface area (Å²) in [6.07, 6.45) is 6.86. The summed E-state index contributed by atoms with van der Waals surface area (Å²) < 4.78 is 30.9. The van der Waals surface area contributed by atoms with Gasteiger partial charge in [0.05, 0.1) is 6.07 Å². The van der Waals surface area contributed by atoms with Gasteiger partial charge in [0.1, 0.15) is 11.3 Å². The lowest BCUT2D eigenvalue weighted by Crippen LogP contribution is -2.35. The quantitative estimate of drug-likeness (QED) is 0.396. The van der Waals surface area contributed by atoms with Gasteiger partial charge in [0.2, 0.25) is 0 Å². The maximum absolute atomic E-state index is 15.4. The molecule has 178 valence electrons. The summed E-state index contributed by atoms with van der Waals surface area (Å²) in [5.74, 6) is 0. The number of likely N-dealkylation sites (N-methyl/N-ethyl adjacent to an activating group) is 1. The number of alkyl halides is 2. The fourth-order valence-electron chi connectivity index (χ4n) is 4.95. The molecule has 2 saturated carbocycles. The van der Waals surface area contributed by atoms with Gasteiger partial charge in [-0.25, -0.2) is 8.78 Å². The van der Waals surface area contributed by atoms with Crippen molar-refractivity contribution in [1.29, 1.82) is 5.26 Å². The van der Waals surface area contributed by atoms with Crippen molar-refractivity contribution in [3.63, 3.8) is 0 Å². The van der Waals surface area contributed by atoms with Gasteiger partial charge < -0.3 is 4.90 Å². The molecule has 0 bridgehead atoms. The molecule has 0 radical (unpaired) electrons. The van der Waals surface area contributed by atoms with Gasteiger partial charge in [-0.2, -0.15) is 5.26 Å². The van der Waals surface area contributed by atoms with Crippen molar-refractivity contribution < 1.29 is 8.78 Å². The van der Waals surface area contributed by atoms with E-state index in [0.29, 0.717) is 31.7 Å². The van der Waals surface area contributed by atoms with E-state index >= 15 is 8.78 Å². The third-order valence-corrected chi connectivity index (χ3v) is 7.59. The number of nitriles is 1. The van der Waals surface area contributed by atoms with Gasteiger partial charge in [0.25, 0.3) is 0 Å². The van der Waals surface area contributed by atoms with E-state index in [1.165, 1.54) is 12.5 Å². The van der Waals surface area contributed by atoms with Crippen LogP contribution in [0.1, 0.15) is 81.0 Å². The van der Waals surface area contributed by atoms with E-state index in [1.807, 2.05) is 24.3 Å². The fraction of sp³-hybridized carbons (Fsp3) is 0.552. The molecule has 1 atom stereocenters. The zero-order chi connectivity index (χ0) is 23.9. The molecule has 0 amide bonds. The fourth-order valence-corrected chi connectivity index (χ4v) is 4.95. The van der Waals surface area contributed by atoms with Crippen LogP contribution < -0.4 is 0 Å². The molecule has 1 unspecified atom stereocenters. The first-order valence-electron chi connectivity index (χ1n) is 12.4. The standard InChI is InChI=1S/C27H35F2N.C2H3N/c1-21(30(2)20-15-22-9-4-3-5-10-22)13-14-23-24(26(28)16-7-17-26)11-6-12-25(23)27(29)18-8-19-27;1-2-3/h3-6,9-12,21H,7-8,13-20H2,1-2H3;1H3. The van der Waals surface area contributed by atoms with Crippen LogP contribution in [0.15, 0.2) is 48.5 Å². The van der Waals surface area contributed by atoms with Gasteiger partial charge in [-0.3, -0.25) is 0 Å². The van der Waals surface area contributed by atoms with Crippen molar-refractivity contribution in [1.82, 2.24) is 4.90 Å². The van der Waals surface area contributed by atoms with Crippen molar-refractivity contribution in [3.8, 4) is 6.07 Å². The Hall–Kier alpha value is -2.25. The Morgan fingerprint density at radius 1 is 0.909 bits per heavy atom. The highest BCUT2D eigenvalue weighted by Gasteiger charge is 2.45. The molecule has 2 fully saturated rings. The van der Waals surface area contributed by atoms with Crippen LogP contribution in [-0.4, -0.2) is 24.5 Å². The number of hydrogen-bond donors (Lipinski definition) is 0. The maximum Gasteiger partial charge on any atom is 0.136 e. The summed E-state index contributed by atoms with van der Waals surface area (Å²) in [5, 5.41) is 7.32. The first kappa shape index (κ1) is 25.4. The molecule has 2 aliphatic carbocycles. The van der Waals surface area contributed by atoms with Crippen molar-refractivity contribution in [3.05, 3.63) is 70.8 Å². The minimum atomic E-state index is -1.24. The van der Waals surface area contributed by atoms with Crippen LogP contribution in [0.2, 0.25) is 0 Å². The van der Waals surface area contributed by atoms with Crippen LogP contribution in [0.4, 0.5) is 8.78 Å². The lowest BCUT2D eigenvalue weighted by atomic mass is 9.69. The van der Waals surface area contributed by atoms with Gasteiger partial charge in [0, 0.05) is 19.5 Å². The average Bonchev–Trinajstić information content (AvgIpc) is 2.78. The van der Waals surface area contributed by atoms with E-state index in [0.717, 1.165) is 55.3 Å². The Morgan fingerprint density at radius 2 is 1.42 bits per heavy atom. The van der Waals surface area contributed by atoms with Crippen LogP contribution in [-0.2, 0) is 24.2 Å². The highest BCUT2D eigenvalue weighted by Crippen LogP contribution is 2.51. The molecular weight excluding hydrogens is 414 g/mol. The maximum atomic E-state index is 15.4. The summed E-state index contributed by atoms with van der Waals surface area (Å²) in [6.45, 7) is 4.65. The van der Waals surface area contributed by atoms with Gasteiger partial charge in [-0.1, -0.05) is 48.5 Å². The van der Waals surface area contributed by atoms with Gasteiger partial charge in [-0.15, -0.1) is 0 Å². The van der Waals surface area contributed by atoms with E-state index in [1.54, 1.807) is 6.07 Å². The van der Waals surface area contributed by atoms with E-state index in [4.69, 9.17) is 5.26 Å².